The lowest BCUT2D eigenvalue weighted by Gasteiger charge is -2.11. The van der Waals surface area contributed by atoms with Gasteiger partial charge in [0.05, 0.1) is 25.2 Å². The molecule has 0 amide bonds. The number of methoxy groups -OCH3 is 2. The molecule has 0 aromatic heterocycles. The van der Waals surface area contributed by atoms with Gasteiger partial charge >= 0.3 is 5.97 Å². The maximum Gasteiger partial charge on any atom is 0.321 e. The molecular formula is C12H17ClN2O6S. The zero-order valence-electron chi connectivity index (χ0n) is 12.0. The molecular weight excluding hydrogens is 336 g/mol. The van der Waals surface area contributed by atoms with E-state index in [0.717, 1.165) is 0 Å². The summed E-state index contributed by atoms with van der Waals surface area (Å²) in [5, 5.41) is 19.8. The van der Waals surface area contributed by atoms with Crippen LogP contribution in [0, 0.1) is 10.1 Å². The molecule has 0 saturated carbocycles. The Morgan fingerprint density at radius 3 is 2.41 bits per heavy atom. The summed E-state index contributed by atoms with van der Waals surface area (Å²) in [6.07, 6.45) is 0. The first-order valence-electron chi connectivity index (χ1n) is 5.86. The van der Waals surface area contributed by atoms with Gasteiger partial charge in [0.15, 0.2) is 11.5 Å². The van der Waals surface area contributed by atoms with Crippen LogP contribution in [0.1, 0.15) is 5.56 Å². The first-order valence-corrected chi connectivity index (χ1v) is 7.01. The van der Waals surface area contributed by atoms with Gasteiger partial charge < -0.3 is 20.3 Å². The number of hydrogen-bond acceptors (Lipinski definition) is 7. The second kappa shape index (κ2) is 9.34. The van der Waals surface area contributed by atoms with E-state index in [2.05, 4.69) is 0 Å². The number of nitro groups is 1. The van der Waals surface area contributed by atoms with Gasteiger partial charge in [-0.25, -0.2) is 0 Å². The number of carboxylic acids is 1. The maximum absolute atomic E-state index is 11.1. The van der Waals surface area contributed by atoms with E-state index in [-0.39, 0.29) is 35.3 Å². The molecule has 0 aliphatic rings. The number of nitro benzene ring substituents is 1. The van der Waals surface area contributed by atoms with Crippen LogP contribution in [0.15, 0.2) is 12.1 Å². The normalized spacial score (nSPS) is 11.2. The van der Waals surface area contributed by atoms with Crippen LogP contribution in [-0.2, 0) is 10.5 Å². The molecule has 1 rings (SSSR count). The SMILES string of the molecule is COc1cc(CSCC(N)C(=O)O)c([N+](=O)[O-])cc1OC.Cl. The smallest absolute Gasteiger partial charge is 0.321 e. The second-order valence-corrected chi connectivity index (χ2v) is 5.08. The summed E-state index contributed by atoms with van der Waals surface area (Å²) < 4.78 is 10.1. The minimum Gasteiger partial charge on any atom is -0.493 e. The zero-order valence-corrected chi connectivity index (χ0v) is 13.6. The van der Waals surface area contributed by atoms with Gasteiger partial charge in [0, 0.05) is 17.1 Å². The molecule has 0 aliphatic heterocycles. The number of nitrogens with two attached hydrogens (primary N) is 1. The average molecular weight is 353 g/mol. The van der Waals surface area contributed by atoms with Crippen molar-refractivity contribution in [2.24, 2.45) is 5.73 Å². The van der Waals surface area contributed by atoms with E-state index >= 15 is 0 Å². The summed E-state index contributed by atoms with van der Waals surface area (Å²) in [4.78, 5) is 21.2. The standard InChI is InChI=1S/C12H16N2O6S.ClH/c1-19-10-3-7(5-21-6-8(13)12(15)16)9(14(17)18)4-11(10)20-2;/h3-4,8H,5-6,13H2,1-2H3,(H,15,16);1H. The molecule has 1 aromatic rings. The van der Waals surface area contributed by atoms with Gasteiger partial charge in [-0.15, -0.1) is 12.4 Å². The molecule has 8 nitrogen and oxygen atoms in total. The predicted molar refractivity (Wildman–Crippen MR) is 85.2 cm³/mol. The first-order chi connectivity index (χ1) is 9.90. The minimum atomic E-state index is -1.11. The molecule has 0 fully saturated rings. The number of aliphatic carboxylic acids is 1. The van der Waals surface area contributed by atoms with Gasteiger partial charge in [-0.2, -0.15) is 11.8 Å². The number of hydrogen-bond donors (Lipinski definition) is 2. The van der Waals surface area contributed by atoms with E-state index in [0.29, 0.717) is 11.3 Å². The van der Waals surface area contributed by atoms with E-state index in [4.69, 9.17) is 20.3 Å². The minimum absolute atomic E-state index is 0. The van der Waals surface area contributed by atoms with E-state index in [1.807, 2.05) is 0 Å². The van der Waals surface area contributed by atoms with Gasteiger partial charge in [-0.1, -0.05) is 0 Å². The maximum atomic E-state index is 11.1. The van der Waals surface area contributed by atoms with Gasteiger partial charge in [-0.3, -0.25) is 14.9 Å². The fraction of sp³-hybridized carbons (Fsp3) is 0.417. The number of halogens is 1. The van der Waals surface area contributed by atoms with Crippen molar-refractivity contribution in [1.82, 2.24) is 0 Å². The Bertz CT molecular complexity index is 543. The first kappa shape index (κ1) is 20.3. The van der Waals surface area contributed by atoms with Gasteiger partial charge in [-0.05, 0) is 6.07 Å². The average Bonchev–Trinajstić information content (AvgIpc) is 2.45. The third-order valence-electron chi connectivity index (χ3n) is 2.65. The molecule has 0 spiro atoms. The summed E-state index contributed by atoms with van der Waals surface area (Å²) in [7, 11) is 2.82. The summed E-state index contributed by atoms with van der Waals surface area (Å²) in [5.41, 5.74) is 5.69. The van der Waals surface area contributed by atoms with Crippen molar-refractivity contribution in [3.8, 4) is 11.5 Å². The third-order valence-corrected chi connectivity index (χ3v) is 3.76. The summed E-state index contributed by atoms with van der Waals surface area (Å²) in [6.45, 7) is 0. The van der Waals surface area contributed by atoms with Crippen molar-refractivity contribution in [3.63, 3.8) is 0 Å². The number of ether oxygens (including phenoxy) is 2. The number of rotatable bonds is 8. The van der Waals surface area contributed by atoms with Crippen LogP contribution in [-0.4, -0.2) is 42.0 Å². The molecule has 1 aromatic carbocycles. The highest BCUT2D eigenvalue weighted by atomic mass is 35.5. The molecule has 0 aliphatic carbocycles. The van der Waals surface area contributed by atoms with Crippen molar-refractivity contribution < 1.29 is 24.3 Å². The molecule has 0 radical (unpaired) electrons. The molecule has 10 heteroatoms. The van der Waals surface area contributed by atoms with Crippen LogP contribution >= 0.6 is 24.2 Å². The van der Waals surface area contributed by atoms with Crippen molar-refractivity contribution >= 4 is 35.8 Å². The van der Waals surface area contributed by atoms with Crippen LogP contribution in [0.25, 0.3) is 0 Å². The monoisotopic (exact) mass is 352 g/mol. The molecule has 124 valence electrons. The van der Waals surface area contributed by atoms with Gasteiger partial charge in [0.1, 0.15) is 6.04 Å². The van der Waals surface area contributed by atoms with Crippen LogP contribution in [0.4, 0.5) is 5.69 Å². The highest BCUT2D eigenvalue weighted by molar-refractivity contribution is 7.98. The third kappa shape index (κ3) is 5.24. The molecule has 0 heterocycles. The Balaban J connectivity index is 0.00000441. The van der Waals surface area contributed by atoms with Crippen LogP contribution < -0.4 is 15.2 Å². The second-order valence-electron chi connectivity index (χ2n) is 4.05. The predicted octanol–water partition coefficient (Wildman–Crippen LogP) is 1.68. The highest BCUT2D eigenvalue weighted by Gasteiger charge is 2.20. The number of carboxylic acid groups (broad SMARTS) is 1. The Morgan fingerprint density at radius 2 is 1.95 bits per heavy atom. The van der Waals surface area contributed by atoms with Gasteiger partial charge in [0.2, 0.25) is 0 Å². The Labute approximate surface area is 137 Å². The Kier molecular flexibility index (Phi) is 8.61. The Morgan fingerprint density at radius 1 is 1.41 bits per heavy atom. The molecule has 1 unspecified atom stereocenters. The lowest BCUT2D eigenvalue weighted by Crippen LogP contribution is -2.32. The Hall–Kier alpha value is -1.71. The highest BCUT2D eigenvalue weighted by Crippen LogP contribution is 2.36. The quantitative estimate of drug-likeness (QED) is 0.534. The molecule has 0 bridgehead atoms. The number of carbonyl (C=O) groups is 1. The van der Waals surface area contributed by atoms with Crippen LogP contribution in [0.3, 0.4) is 0 Å². The molecule has 0 saturated heterocycles. The van der Waals surface area contributed by atoms with E-state index in [1.165, 1.54) is 38.1 Å². The van der Waals surface area contributed by atoms with E-state index in [1.54, 1.807) is 0 Å². The van der Waals surface area contributed by atoms with Crippen molar-refractivity contribution in [2.45, 2.75) is 11.8 Å². The largest absolute Gasteiger partial charge is 0.493 e. The molecule has 22 heavy (non-hydrogen) atoms. The van der Waals surface area contributed by atoms with Gasteiger partial charge in [0.25, 0.3) is 5.69 Å². The summed E-state index contributed by atoms with van der Waals surface area (Å²) in [6, 6.07) is 1.79. The fourth-order valence-corrected chi connectivity index (χ4v) is 2.53. The van der Waals surface area contributed by atoms with Crippen molar-refractivity contribution in [2.75, 3.05) is 20.0 Å². The number of nitrogens with zero attached hydrogens (tertiary/aromatic N) is 1. The molecule has 1 atom stereocenters. The topological polar surface area (TPSA) is 125 Å². The number of benzene rings is 1. The summed E-state index contributed by atoms with van der Waals surface area (Å²) >= 11 is 1.20. The lowest BCUT2D eigenvalue weighted by atomic mass is 10.2. The lowest BCUT2D eigenvalue weighted by molar-refractivity contribution is -0.385. The van der Waals surface area contributed by atoms with Crippen LogP contribution in [0.5, 0.6) is 11.5 Å². The number of thioether (sulfide) groups is 1. The van der Waals surface area contributed by atoms with E-state index in [9.17, 15) is 14.9 Å². The fourth-order valence-electron chi connectivity index (χ4n) is 1.56. The van der Waals surface area contributed by atoms with Crippen LogP contribution in [0.2, 0.25) is 0 Å². The molecule has 3 N–H and O–H groups in total. The van der Waals surface area contributed by atoms with Crippen molar-refractivity contribution in [3.05, 3.63) is 27.8 Å². The van der Waals surface area contributed by atoms with E-state index < -0.39 is 16.9 Å². The summed E-state index contributed by atoms with van der Waals surface area (Å²) in [5.74, 6) is -0.0656. The van der Waals surface area contributed by atoms with Crippen molar-refractivity contribution in [1.29, 1.82) is 0 Å². The zero-order chi connectivity index (χ0) is 16.0.